The van der Waals surface area contributed by atoms with Gasteiger partial charge in [0.2, 0.25) is 0 Å². The van der Waals surface area contributed by atoms with E-state index in [0.717, 1.165) is 0 Å². The number of alkyl halides is 8. The molecule has 2 aromatic rings. The van der Waals surface area contributed by atoms with Crippen LogP contribution >= 0.6 is 0 Å². The average Bonchev–Trinajstić information content (AvgIpc) is 3.74. The second-order valence-electron chi connectivity index (χ2n) is 22.5. The van der Waals surface area contributed by atoms with Crippen LogP contribution in [0.4, 0.5) is 35.1 Å². The van der Waals surface area contributed by atoms with Gasteiger partial charge in [-0.25, -0.2) is 0 Å². The van der Waals surface area contributed by atoms with E-state index in [1.807, 2.05) is 111 Å². The third-order valence-electron chi connectivity index (χ3n) is 15.1. The van der Waals surface area contributed by atoms with Crippen molar-refractivity contribution < 1.29 is 81.8 Å². The predicted octanol–water partition coefficient (Wildman–Crippen LogP) is 8.44. The molecule has 68 heavy (non-hydrogen) atoms. The zero-order valence-electron chi connectivity index (χ0n) is 42.1. The molecule has 0 aliphatic carbocycles. The lowest BCUT2D eigenvalue weighted by molar-refractivity contribution is -0.368. The molecule has 6 rings (SSSR count). The van der Waals surface area contributed by atoms with E-state index in [1.54, 1.807) is 12.1 Å². The monoisotopic (exact) mass is 974 g/mol. The summed E-state index contributed by atoms with van der Waals surface area (Å²) in [6.07, 6.45) is -5.63. The van der Waals surface area contributed by atoms with Crippen LogP contribution in [0, 0.1) is 0 Å². The first kappa shape index (κ1) is 54.7. The van der Waals surface area contributed by atoms with Crippen molar-refractivity contribution in [2.45, 2.75) is 205 Å². The van der Waals surface area contributed by atoms with Gasteiger partial charge in [0.15, 0.2) is 0 Å². The second-order valence-corrected chi connectivity index (χ2v) is 22.5. The van der Waals surface area contributed by atoms with Gasteiger partial charge in [-0.3, -0.25) is 0 Å². The van der Waals surface area contributed by atoms with Crippen LogP contribution in [0.1, 0.15) is 136 Å². The number of rotatable bonds is 17. The van der Waals surface area contributed by atoms with Gasteiger partial charge in [-0.2, -0.15) is 35.1 Å². The minimum Gasteiger partial charge on any atom is -0.494 e. The summed E-state index contributed by atoms with van der Waals surface area (Å²) in [7, 11) is -3.66. The number of halogens is 8. The first-order chi connectivity index (χ1) is 30.6. The molecule has 4 aliphatic heterocycles. The highest BCUT2D eigenvalue weighted by atomic mass is 19.4. The Morgan fingerprint density at radius 3 is 0.735 bits per heavy atom. The molecule has 0 aromatic heterocycles. The van der Waals surface area contributed by atoms with Gasteiger partial charge in [0.1, 0.15) is 11.5 Å². The molecule has 0 saturated carbocycles. The van der Waals surface area contributed by atoms with Crippen LogP contribution < -0.4 is 31.3 Å². The Hall–Kier alpha value is -2.58. The molecule has 10 nitrogen and oxygen atoms in total. The lowest BCUT2D eigenvalue weighted by atomic mass is 9.71. The molecule has 378 valence electrons. The highest BCUT2D eigenvalue weighted by molar-refractivity contribution is 6.67. The van der Waals surface area contributed by atoms with Crippen molar-refractivity contribution in [2.75, 3.05) is 13.2 Å². The Kier molecular flexibility index (Phi) is 14.1. The molecule has 0 unspecified atom stereocenters. The Morgan fingerprint density at radius 1 is 0.353 bits per heavy atom. The van der Waals surface area contributed by atoms with Crippen LogP contribution in [0.2, 0.25) is 0 Å². The van der Waals surface area contributed by atoms with Crippen molar-refractivity contribution in [1.29, 1.82) is 0 Å². The Bertz CT molecular complexity index is 1850. The van der Waals surface area contributed by atoms with Gasteiger partial charge in [-0.1, -0.05) is 12.1 Å². The standard InChI is InChI=1S/C46H66B4F8O10/c1-35(2)36(3,4)62-47(61-35)29-23-30(48-63-37(5,6)38(7,8)64-48)26-33(25-29)59-21-17-19-43(51,52)45(55,56)46(57,58)44(53,54)20-18-22-60-34-27-31(49-65-39(9,10)40(11,12)66-49)24-32(28-34)50-67-41(13,14)42(15,16)68-50/h23-28H,17-22H2,1-16H3. The van der Waals surface area contributed by atoms with Crippen LogP contribution in [-0.2, 0) is 37.2 Å². The molecule has 4 heterocycles. The molecule has 0 spiro atoms. The van der Waals surface area contributed by atoms with Crippen LogP contribution in [0.3, 0.4) is 0 Å². The Labute approximate surface area is 397 Å². The van der Waals surface area contributed by atoms with E-state index in [4.69, 9.17) is 46.7 Å². The number of hydrogen-bond acceptors (Lipinski definition) is 10. The van der Waals surface area contributed by atoms with Gasteiger partial charge >= 0.3 is 52.2 Å². The molecule has 0 amide bonds. The summed E-state index contributed by atoms with van der Waals surface area (Å²) in [5.41, 5.74) is -4.18. The predicted molar refractivity (Wildman–Crippen MR) is 245 cm³/mol. The molecule has 0 atom stereocenters. The highest BCUT2D eigenvalue weighted by Gasteiger charge is 2.79. The molecule has 4 aliphatic rings. The van der Waals surface area contributed by atoms with E-state index < -0.39 is 136 Å². The van der Waals surface area contributed by atoms with E-state index in [2.05, 4.69) is 0 Å². The van der Waals surface area contributed by atoms with Crippen molar-refractivity contribution >= 4 is 50.3 Å². The van der Waals surface area contributed by atoms with Gasteiger partial charge in [0.25, 0.3) is 0 Å². The lowest BCUT2D eigenvalue weighted by Crippen LogP contribution is -2.62. The summed E-state index contributed by atoms with van der Waals surface area (Å²) in [5.74, 6) is -24.0. The molecule has 2 aromatic carbocycles. The van der Waals surface area contributed by atoms with Gasteiger partial charge in [0, 0.05) is 12.8 Å². The van der Waals surface area contributed by atoms with E-state index in [9.17, 15) is 0 Å². The van der Waals surface area contributed by atoms with Crippen molar-refractivity contribution in [3.8, 4) is 11.5 Å². The quantitative estimate of drug-likeness (QED) is 0.0875. The molecule has 22 heteroatoms. The maximum atomic E-state index is 15.2. The fourth-order valence-corrected chi connectivity index (χ4v) is 7.66. The zero-order valence-corrected chi connectivity index (χ0v) is 42.1. The molecular weight excluding hydrogens is 908 g/mol. The molecule has 0 bridgehead atoms. The van der Waals surface area contributed by atoms with Crippen molar-refractivity contribution in [3.63, 3.8) is 0 Å². The summed E-state index contributed by atoms with van der Waals surface area (Å²) < 4.78 is 182. The number of hydrogen-bond donors (Lipinski definition) is 0. The second kappa shape index (κ2) is 17.6. The van der Waals surface area contributed by atoms with Crippen LogP contribution in [0.15, 0.2) is 36.4 Å². The maximum absolute atomic E-state index is 15.2. The topological polar surface area (TPSA) is 92.3 Å². The third kappa shape index (κ3) is 10.1. The molecular formula is C46H66B4F8O10. The first-order valence-electron chi connectivity index (χ1n) is 23.1. The fraction of sp³-hybridized carbons (Fsp3) is 0.739. The normalized spacial score (nSPS) is 23.7. The summed E-state index contributed by atoms with van der Waals surface area (Å²) in [6, 6.07) is 9.40. The highest BCUT2D eigenvalue weighted by Crippen LogP contribution is 2.55. The van der Waals surface area contributed by atoms with Crippen LogP contribution in [-0.4, -0.2) is 110 Å². The van der Waals surface area contributed by atoms with Crippen LogP contribution in [0.25, 0.3) is 0 Å². The largest absolute Gasteiger partial charge is 0.494 e. The van der Waals surface area contributed by atoms with Crippen LogP contribution in [0.5, 0.6) is 11.5 Å². The summed E-state index contributed by atoms with van der Waals surface area (Å²) in [4.78, 5) is 0. The molecule has 4 fully saturated rings. The van der Waals surface area contributed by atoms with E-state index in [0.29, 0.717) is 21.9 Å². The zero-order chi connectivity index (χ0) is 51.3. The smallest absolute Gasteiger partial charge is 0.494 e. The van der Waals surface area contributed by atoms with E-state index in [1.165, 1.54) is 24.3 Å². The minimum atomic E-state index is -6.46. The Morgan fingerprint density at radius 2 is 0.544 bits per heavy atom. The van der Waals surface area contributed by atoms with E-state index >= 15 is 35.1 Å². The Balaban J connectivity index is 1.10. The maximum Gasteiger partial charge on any atom is 0.494 e. The SMILES string of the molecule is CC1(C)OB(c2cc(OCCCC(F)(F)C(F)(F)C(F)(F)C(F)(F)CCCOc3cc(B4OC(C)(C)C(C)(C)O4)cc(B4OC(C)(C)C(C)(C)O4)c3)cc(B3OC(C)(C)C(C)(C)O3)c2)OC1(C)C. The van der Waals surface area contributed by atoms with Gasteiger partial charge in [0.05, 0.1) is 58.0 Å². The summed E-state index contributed by atoms with van der Waals surface area (Å²) >= 11 is 0. The van der Waals surface area contributed by atoms with Gasteiger partial charge in [-0.05, 0) is 170 Å². The summed E-state index contributed by atoms with van der Waals surface area (Å²) in [5, 5.41) is 0. The first-order valence-corrected chi connectivity index (χ1v) is 23.1. The number of ether oxygens (including phenoxy) is 2. The lowest BCUT2D eigenvalue weighted by Gasteiger charge is -2.37. The van der Waals surface area contributed by atoms with Crippen molar-refractivity contribution in [3.05, 3.63) is 36.4 Å². The van der Waals surface area contributed by atoms with Gasteiger partial charge < -0.3 is 46.7 Å². The van der Waals surface area contributed by atoms with Crippen molar-refractivity contribution in [1.82, 2.24) is 0 Å². The minimum absolute atomic E-state index is 0.0558. The van der Waals surface area contributed by atoms with Crippen molar-refractivity contribution in [2.24, 2.45) is 0 Å². The molecule has 0 N–H and O–H groups in total. The summed E-state index contributed by atoms with van der Waals surface area (Å²) in [6.45, 7) is 28.2. The molecule has 0 radical (unpaired) electrons. The molecule has 4 saturated heterocycles. The average molecular weight is 974 g/mol. The van der Waals surface area contributed by atoms with E-state index in [-0.39, 0.29) is 11.5 Å². The van der Waals surface area contributed by atoms with Gasteiger partial charge in [-0.15, -0.1) is 0 Å². The fourth-order valence-electron chi connectivity index (χ4n) is 7.66. The number of benzene rings is 2. The third-order valence-corrected chi connectivity index (χ3v) is 15.1.